The van der Waals surface area contributed by atoms with E-state index in [0.29, 0.717) is 6.61 Å². The monoisotopic (exact) mass is 286 g/mol. The van der Waals surface area contributed by atoms with Crippen molar-refractivity contribution in [2.75, 3.05) is 6.61 Å². The number of rotatable bonds is 6. The number of aliphatic hydroxyl groups excluding tert-OH is 1. The summed E-state index contributed by atoms with van der Waals surface area (Å²) < 4.78 is 11.1. The summed E-state index contributed by atoms with van der Waals surface area (Å²) in [4.78, 5) is 0. The Bertz CT molecular complexity index is 578. The molecule has 0 aromatic heterocycles. The Morgan fingerprint density at radius 3 is 2.10 bits per heavy atom. The van der Waals surface area contributed by atoms with Crippen LogP contribution >= 0.6 is 0 Å². The van der Waals surface area contributed by atoms with Gasteiger partial charge in [-0.2, -0.15) is 0 Å². The van der Waals surface area contributed by atoms with Crippen molar-refractivity contribution in [3.8, 4) is 11.5 Å². The Balaban J connectivity index is 2.22. The zero-order valence-corrected chi connectivity index (χ0v) is 12.7. The molecule has 0 radical (unpaired) electrons. The Morgan fingerprint density at radius 1 is 0.952 bits per heavy atom. The molecule has 1 unspecified atom stereocenters. The van der Waals surface area contributed by atoms with Gasteiger partial charge in [-0.15, -0.1) is 0 Å². The van der Waals surface area contributed by atoms with E-state index in [9.17, 15) is 5.11 Å². The van der Waals surface area contributed by atoms with Crippen molar-refractivity contribution >= 4 is 0 Å². The van der Waals surface area contributed by atoms with Crippen LogP contribution in [0.1, 0.15) is 38.0 Å². The lowest BCUT2D eigenvalue weighted by Gasteiger charge is -2.15. The first-order valence-electron chi connectivity index (χ1n) is 7.27. The molecule has 0 amide bonds. The molecule has 3 nitrogen and oxygen atoms in total. The average Bonchev–Trinajstić information content (AvgIpc) is 2.47. The second-order valence-corrected chi connectivity index (χ2v) is 5.15. The number of hydrogen-bond donors (Lipinski definition) is 1. The highest BCUT2D eigenvalue weighted by Gasteiger charge is 2.12. The lowest BCUT2D eigenvalue weighted by molar-refractivity contribution is 0.216. The molecule has 0 aliphatic carbocycles. The maximum atomic E-state index is 10.5. The summed E-state index contributed by atoms with van der Waals surface area (Å²) in [6.07, 6.45) is -0.584. The van der Waals surface area contributed by atoms with E-state index in [0.717, 1.165) is 22.6 Å². The van der Waals surface area contributed by atoms with Crippen LogP contribution in [0.25, 0.3) is 0 Å². The third-order valence-electron chi connectivity index (χ3n) is 3.03. The van der Waals surface area contributed by atoms with Gasteiger partial charge in [-0.1, -0.05) is 24.3 Å². The summed E-state index contributed by atoms with van der Waals surface area (Å²) in [6.45, 7) is 6.51. The van der Waals surface area contributed by atoms with E-state index in [1.54, 1.807) is 0 Å². The van der Waals surface area contributed by atoms with Crippen LogP contribution in [0.4, 0.5) is 0 Å². The maximum absolute atomic E-state index is 10.5. The standard InChI is InChI=1S/C18H22O3/c1-4-20-16-9-5-7-14(11-16)18(19)15-8-6-10-17(12-15)21-13(2)3/h5-13,18-19H,4H2,1-3H3. The van der Waals surface area contributed by atoms with Gasteiger partial charge >= 0.3 is 0 Å². The summed E-state index contributed by atoms with van der Waals surface area (Å²) >= 11 is 0. The van der Waals surface area contributed by atoms with Crippen LogP contribution in [0.3, 0.4) is 0 Å². The summed E-state index contributed by atoms with van der Waals surface area (Å²) in [6, 6.07) is 15.1. The highest BCUT2D eigenvalue weighted by atomic mass is 16.5. The van der Waals surface area contributed by atoms with E-state index < -0.39 is 6.10 Å². The van der Waals surface area contributed by atoms with Crippen LogP contribution in [0.2, 0.25) is 0 Å². The van der Waals surface area contributed by atoms with Crippen LogP contribution in [-0.4, -0.2) is 17.8 Å². The first-order chi connectivity index (χ1) is 10.1. The van der Waals surface area contributed by atoms with E-state index >= 15 is 0 Å². The van der Waals surface area contributed by atoms with Crippen LogP contribution in [0.15, 0.2) is 48.5 Å². The molecule has 0 saturated heterocycles. The first kappa shape index (κ1) is 15.4. The predicted molar refractivity (Wildman–Crippen MR) is 83.9 cm³/mol. The second-order valence-electron chi connectivity index (χ2n) is 5.15. The third-order valence-corrected chi connectivity index (χ3v) is 3.03. The van der Waals surface area contributed by atoms with Gasteiger partial charge in [0.2, 0.25) is 0 Å². The van der Waals surface area contributed by atoms with Crippen molar-refractivity contribution in [1.82, 2.24) is 0 Å². The molecule has 0 spiro atoms. The van der Waals surface area contributed by atoms with Crippen molar-refractivity contribution in [3.63, 3.8) is 0 Å². The van der Waals surface area contributed by atoms with E-state index in [1.165, 1.54) is 0 Å². The number of ether oxygens (including phenoxy) is 2. The van der Waals surface area contributed by atoms with Gasteiger partial charge in [0.15, 0.2) is 0 Å². The molecule has 2 rings (SSSR count). The van der Waals surface area contributed by atoms with Crippen molar-refractivity contribution in [3.05, 3.63) is 59.7 Å². The van der Waals surface area contributed by atoms with Crippen molar-refractivity contribution in [2.24, 2.45) is 0 Å². The van der Waals surface area contributed by atoms with Gasteiger partial charge in [-0.25, -0.2) is 0 Å². The zero-order chi connectivity index (χ0) is 15.2. The summed E-state index contributed by atoms with van der Waals surface area (Å²) in [7, 11) is 0. The third kappa shape index (κ3) is 4.23. The molecule has 0 saturated carbocycles. The van der Waals surface area contributed by atoms with E-state index in [-0.39, 0.29) is 6.10 Å². The molecule has 3 heteroatoms. The lowest BCUT2D eigenvalue weighted by Crippen LogP contribution is -2.06. The van der Waals surface area contributed by atoms with Gasteiger partial charge in [-0.3, -0.25) is 0 Å². The molecular formula is C18H22O3. The van der Waals surface area contributed by atoms with E-state index in [4.69, 9.17) is 9.47 Å². The minimum Gasteiger partial charge on any atom is -0.494 e. The van der Waals surface area contributed by atoms with Gasteiger partial charge in [0.05, 0.1) is 12.7 Å². The normalized spacial score (nSPS) is 12.2. The minimum atomic E-state index is -0.693. The molecule has 21 heavy (non-hydrogen) atoms. The summed E-state index contributed by atoms with van der Waals surface area (Å²) in [5, 5.41) is 10.5. The molecule has 1 N–H and O–H groups in total. The van der Waals surface area contributed by atoms with Gasteiger partial charge in [-0.05, 0) is 56.2 Å². The Labute approximate surface area is 126 Å². The Morgan fingerprint density at radius 2 is 1.52 bits per heavy atom. The fourth-order valence-corrected chi connectivity index (χ4v) is 2.16. The molecular weight excluding hydrogens is 264 g/mol. The number of aliphatic hydroxyl groups is 1. The number of benzene rings is 2. The topological polar surface area (TPSA) is 38.7 Å². The molecule has 0 bridgehead atoms. The van der Waals surface area contributed by atoms with Gasteiger partial charge in [0.25, 0.3) is 0 Å². The molecule has 0 aliphatic rings. The first-order valence-corrected chi connectivity index (χ1v) is 7.27. The van der Waals surface area contributed by atoms with Crippen LogP contribution in [0.5, 0.6) is 11.5 Å². The lowest BCUT2D eigenvalue weighted by atomic mass is 10.0. The van der Waals surface area contributed by atoms with E-state index in [2.05, 4.69) is 0 Å². The van der Waals surface area contributed by atoms with Crippen LogP contribution in [-0.2, 0) is 0 Å². The highest BCUT2D eigenvalue weighted by molar-refractivity contribution is 5.38. The van der Waals surface area contributed by atoms with Crippen LogP contribution in [0, 0.1) is 0 Å². The molecule has 0 heterocycles. The number of hydrogen-bond acceptors (Lipinski definition) is 3. The van der Waals surface area contributed by atoms with Crippen molar-refractivity contribution in [1.29, 1.82) is 0 Å². The quantitative estimate of drug-likeness (QED) is 0.873. The average molecular weight is 286 g/mol. The molecule has 1 atom stereocenters. The smallest absolute Gasteiger partial charge is 0.120 e. The van der Waals surface area contributed by atoms with Crippen LogP contribution < -0.4 is 9.47 Å². The van der Waals surface area contributed by atoms with Gasteiger partial charge in [0.1, 0.15) is 17.6 Å². The Kier molecular flexibility index (Phi) is 5.23. The largest absolute Gasteiger partial charge is 0.494 e. The summed E-state index contributed by atoms with van der Waals surface area (Å²) in [5.41, 5.74) is 1.62. The van der Waals surface area contributed by atoms with Crippen molar-refractivity contribution < 1.29 is 14.6 Å². The molecule has 0 fully saturated rings. The summed E-state index contributed by atoms with van der Waals surface area (Å²) in [5.74, 6) is 1.53. The fraction of sp³-hybridized carbons (Fsp3) is 0.333. The fourth-order valence-electron chi connectivity index (χ4n) is 2.16. The highest BCUT2D eigenvalue weighted by Crippen LogP contribution is 2.27. The van der Waals surface area contributed by atoms with Gasteiger partial charge < -0.3 is 14.6 Å². The van der Waals surface area contributed by atoms with E-state index in [1.807, 2.05) is 69.3 Å². The Hall–Kier alpha value is -2.00. The molecule has 112 valence electrons. The molecule has 2 aromatic carbocycles. The van der Waals surface area contributed by atoms with Gasteiger partial charge in [0, 0.05) is 0 Å². The maximum Gasteiger partial charge on any atom is 0.120 e. The van der Waals surface area contributed by atoms with Crippen molar-refractivity contribution in [2.45, 2.75) is 33.0 Å². The molecule has 0 aliphatic heterocycles. The minimum absolute atomic E-state index is 0.110. The second kappa shape index (κ2) is 7.14. The molecule has 2 aromatic rings. The zero-order valence-electron chi connectivity index (χ0n) is 12.7. The SMILES string of the molecule is CCOc1cccc(C(O)c2cccc(OC(C)C)c2)c1. The predicted octanol–water partition coefficient (Wildman–Crippen LogP) is 3.95.